The van der Waals surface area contributed by atoms with Crippen LogP contribution in [0.2, 0.25) is 0 Å². The number of carbonyl (C=O) groups is 2. The first-order valence-corrected chi connectivity index (χ1v) is 6.89. The number of rotatable bonds is 5. The summed E-state index contributed by atoms with van der Waals surface area (Å²) in [4.78, 5) is 22.4. The quantitative estimate of drug-likeness (QED) is 0.530. The molecule has 0 aliphatic heterocycles. The second kappa shape index (κ2) is 7.00. The van der Waals surface area contributed by atoms with Gasteiger partial charge in [0.25, 0.3) is 0 Å². The molecule has 0 radical (unpaired) electrons. The summed E-state index contributed by atoms with van der Waals surface area (Å²) in [5.74, 6) is -1.09. The van der Waals surface area contributed by atoms with Crippen LogP contribution in [-0.4, -0.2) is 39.6 Å². The van der Waals surface area contributed by atoms with Gasteiger partial charge in [-0.1, -0.05) is 0 Å². The van der Waals surface area contributed by atoms with Crippen LogP contribution >= 0.6 is 24.4 Å². The summed E-state index contributed by atoms with van der Waals surface area (Å²) in [5.41, 5.74) is -0.646. The molecule has 0 heterocycles. The van der Waals surface area contributed by atoms with E-state index in [0.717, 1.165) is 0 Å². The van der Waals surface area contributed by atoms with Crippen LogP contribution in [0.3, 0.4) is 0 Å². The highest BCUT2D eigenvalue weighted by Crippen LogP contribution is 2.17. The molecule has 0 spiro atoms. The topological polar surface area (TPSA) is 75.6 Å². The first kappa shape index (κ1) is 16.4. The molecule has 0 aromatic rings. The number of nitrogens with one attached hydrogen (secondary N) is 1. The smallest absolute Gasteiger partial charge is 0.408 e. The van der Waals surface area contributed by atoms with Gasteiger partial charge in [0.15, 0.2) is 0 Å². The zero-order valence-corrected chi connectivity index (χ0v) is 12.1. The third-order valence-electron chi connectivity index (χ3n) is 1.70. The molecule has 100 valence electrons. The van der Waals surface area contributed by atoms with Crippen molar-refractivity contribution < 1.29 is 19.4 Å². The molecule has 17 heavy (non-hydrogen) atoms. The molecule has 0 aromatic carbocycles. The molecule has 0 bridgehead atoms. The fourth-order valence-electron chi connectivity index (χ4n) is 0.969. The number of thiol groups is 1. The van der Waals surface area contributed by atoms with E-state index in [2.05, 4.69) is 17.9 Å². The van der Waals surface area contributed by atoms with Gasteiger partial charge in [-0.25, -0.2) is 9.59 Å². The Kier molecular flexibility index (Phi) is 6.77. The zero-order chi connectivity index (χ0) is 13.6. The lowest BCUT2D eigenvalue weighted by Crippen LogP contribution is -2.44. The highest BCUT2D eigenvalue weighted by molar-refractivity contribution is 8.09. The summed E-state index contributed by atoms with van der Waals surface area (Å²) in [5, 5.41) is 11.3. The summed E-state index contributed by atoms with van der Waals surface area (Å²) in [6, 6.07) is -0.986. The summed E-state index contributed by atoms with van der Waals surface area (Å²) in [6.07, 6.45) is 1.33. The van der Waals surface area contributed by atoms with Crippen LogP contribution in [0.25, 0.3) is 0 Å². The monoisotopic (exact) mass is 281 g/mol. The molecular weight excluding hydrogens is 262 g/mol. The first-order chi connectivity index (χ1) is 7.65. The Balaban J connectivity index is 4.35. The molecule has 1 amide bonds. The second-order valence-electron chi connectivity index (χ2n) is 4.46. The van der Waals surface area contributed by atoms with E-state index in [0.29, 0.717) is 0 Å². The van der Waals surface area contributed by atoms with Crippen molar-refractivity contribution in [2.75, 3.05) is 6.26 Å². The SMILES string of the molecule is CSC(S)CC(NC(=O)OC(C)(C)C)C(=O)O. The first-order valence-electron chi connectivity index (χ1n) is 5.09. The predicted molar refractivity (Wildman–Crippen MR) is 71.7 cm³/mol. The molecule has 2 N–H and O–H groups in total. The van der Waals surface area contributed by atoms with Crippen LogP contribution in [0, 0.1) is 0 Å². The Morgan fingerprint density at radius 3 is 2.35 bits per heavy atom. The number of amides is 1. The van der Waals surface area contributed by atoms with Gasteiger partial charge in [-0.05, 0) is 33.4 Å². The van der Waals surface area contributed by atoms with Crippen LogP contribution in [0.5, 0.6) is 0 Å². The summed E-state index contributed by atoms with van der Waals surface area (Å²) >= 11 is 5.60. The number of hydrogen-bond acceptors (Lipinski definition) is 5. The van der Waals surface area contributed by atoms with E-state index in [4.69, 9.17) is 9.84 Å². The van der Waals surface area contributed by atoms with Crippen molar-refractivity contribution in [1.29, 1.82) is 0 Å². The van der Waals surface area contributed by atoms with E-state index in [-0.39, 0.29) is 11.0 Å². The van der Waals surface area contributed by atoms with Crippen molar-refractivity contribution in [3.05, 3.63) is 0 Å². The van der Waals surface area contributed by atoms with Gasteiger partial charge in [-0.3, -0.25) is 0 Å². The van der Waals surface area contributed by atoms with Gasteiger partial charge < -0.3 is 15.2 Å². The third-order valence-corrected chi connectivity index (χ3v) is 3.28. The fourth-order valence-corrected chi connectivity index (χ4v) is 1.56. The Bertz CT molecular complexity index is 278. The molecule has 2 atom stereocenters. The van der Waals surface area contributed by atoms with Gasteiger partial charge in [0.05, 0.1) is 0 Å². The number of ether oxygens (including phenoxy) is 1. The third kappa shape index (κ3) is 8.20. The molecule has 0 rings (SSSR count). The van der Waals surface area contributed by atoms with E-state index < -0.39 is 23.7 Å². The minimum absolute atomic E-state index is 0.147. The van der Waals surface area contributed by atoms with E-state index in [9.17, 15) is 9.59 Å². The number of carbonyl (C=O) groups excluding carboxylic acids is 1. The molecular formula is C10H19NO4S2. The van der Waals surface area contributed by atoms with Gasteiger partial charge in [0.2, 0.25) is 0 Å². The number of hydrogen-bond donors (Lipinski definition) is 3. The van der Waals surface area contributed by atoms with Crippen molar-refractivity contribution in [3.8, 4) is 0 Å². The minimum atomic E-state index is -1.09. The number of carboxylic acids is 1. The van der Waals surface area contributed by atoms with Crippen molar-refractivity contribution >= 4 is 36.5 Å². The average Bonchev–Trinajstić information content (AvgIpc) is 2.13. The summed E-state index contributed by atoms with van der Waals surface area (Å²) in [7, 11) is 0. The van der Waals surface area contributed by atoms with Crippen LogP contribution in [0.4, 0.5) is 4.79 Å². The average molecular weight is 281 g/mol. The van der Waals surface area contributed by atoms with E-state index >= 15 is 0 Å². The molecule has 0 saturated heterocycles. The van der Waals surface area contributed by atoms with Crippen LogP contribution in [-0.2, 0) is 9.53 Å². The van der Waals surface area contributed by atoms with Crippen molar-refractivity contribution in [2.45, 2.75) is 43.4 Å². The summed E-state index contributed by atoms with van der Waals surface area (Å²) in [6.45, 7) is 5.14. The number of alkyl carbamates (subject to hydrolysis) is 1. The van der Waals surface area contributed by atoms with Gasteiger partial charge in [-0.15, -0.1) is 0 Å². The van der Waals surface area contributed by atoms with E-state index in [1.54, 1.807) is 20.8 Å². The predicted octanol–water partition coefficient (Wildman–Crippen LogP) is 1.97. The van der Waals surface area contributed by atoms with Crippen molar-refractivity contribution in [1.82, 2.24) is 5.32 Å². The Labute approximate surface area is 111 Å². The lowest BCUT2D eigenvalue weighted by molar-refractivity contribution is -0.139. The number of thioether (sulfide) groups is 1. The highest BCUT2D eigenvalue weighted by Gasteiger charge is 2.25. The second-order valence-corrected chi connectivity index (χ2v) is 6.48. The van der Waals surface area contributed by atoms with E-state index in [1.807, 2.05) is 6.26 Å². The molecule has 2 unspecified atom stereocenters. The highest BCUT2D eigenvalue weighted by atomic mass is 32.2. The van der Waals surface area contributed by atoms with Crippen molar-refractivity contribution in [2.24, 2.45) is 0 Å². The Morgan fingerprint density at radius 1 is 1.47 bits per heavy atom. The molecule has 7 heteroatoms. The largest absolute Gasteiger partial charge is 0.480 e. The summed E-state index contributed by atoms with van der Waals surface area (Å²) < 4.78 is 4.84. The number of carboxylic acid groups (broad SMARTS) is 1. The maximum atomic E-state index is 11.4. The lowest BCUT2D eigenvalue weighted by Gasteiger charge is -2.22. The van der Waals surface area contributed by atoms with Gasteiger partial charge in [-0.2, -0.15) is 24.4 Å². The fraction of sp³-hybridized carbons (Fsp3) is 0.800. The minimum Gasteiger partial charge on any atom is -0.480 e. The molecule has 0 aromatic heterocycles. The molecule has 5 nitrogen and oxygen atoms in total. The molecule has 0 aliphatic carbocycles. The maximum Gasteiger partial charge on any atom is 0.408 e. The molecule has 0 saturated carbocycles. The number of aliphatic carboxylic acids is 1. The maximum absolute atomic E-state index is 11.4. The molecule has 0 aliphatic rings. The Hall–Kier alpha value is -0.560. The van der Waals surface area contributed by atoms with Gasteiger partial charge >= 0.3 is 12.1 Å². The van der Waals surface area contributed by atoms with Crippen LogP contribution in [0.1, 0.15) is 27.2 Å². The van der Waals surface area contributed by atoms with Crippen LogP contribution < -0.4 is 5.32 Å². The molecule has 0 fully saturated rings. The standard InChI is InChI=1S/C10H19NO4S2/c1-10(2,3)15-9(14)11-6(8(12)13)5-7(16)17-4/h6-7,16H,5H2,1-4H3,(H,11,14)(H,12,13). The Morgan fingerprint density at radius 2 is 2.00 bits per heavy atom. The van der Waals surface area contributed by atoms with E-state index in [1.165, 1.54) is 11.8 Å². The van der Waals surface area contributed by atoms with Gasteiger partial charge in [0, 0.05) is 4.58 Å². The lowest BCUT2D eigenvalue weighted by atomic mass is 10.2. The van der Waals surface area contributed by atoms with Crippen LogP contribution in [0.15, 0.2) is 0 Å². The van der Waals surface area contributed by atoms with Crippen molar-refractivity contribution in [3.63, 3.8) is 0 Å². The zero-order valence-electron chi connectivity index (χ0n) is 10.4. The van der Waals surface area contributed by atoms with Gasteiger partial charge in [0.1, 0.15) is 11.6 Å². The normalized spacial score (nSPS) is 14.9.